The molecule has 3 N–H and O–H groups in total. The molecule has 102 valence electrons. The standard InChI is InChI=1S/C14H12ClN3OS/c1-19-9-3-4-11-12(7-9)18-14(17-11)20-13-5-2-8(15)6-10(13)16/h2-7H,16H2,1H3,(H,17,18). The summed E-state index contributed by atoms with van der Waals surface area (Å²) in [6.07, 6.45) is 0. The molecule has 0 aliphatic heterocycles. The highest BCUT2D eigenvalue weighted by atomic mass is 35.5. The maximum Gasteiger partial charge on any atom is 0.171 e. The van der Waals surface area contributed by atoms with Crippen LogP contribution in [0.4, 0.5) is 5.69 Å². The number of benzene rings is 2. The molecule has 0 saturated carbocycles. The van der Waals surface area contributed by atoms with Crippen LogP contribution < -0.4 is 10.5 Å². The van der Waals surface area contributed by atoms with Crippen molar-refractivity contribution >= 4 is 40.1 Å². The number of nitrogens with zero attached hydrogens (tertiary/aromatic N) is 1. The lowest BCUT2D eigenvalue weighted by molar-refractivity contribution is 0.415. The number of anilines is 1. The third kappa shape index (κ3) is 2.55. The molecule has 0 fully saturated rings. The van der Waals surface area contributed by atoms with Gasteiger partial charge in [-0.2, -0.15) is 0 Å². The highest BCUT2D eigenvalue weighted by molar-refractivity contribution is 7.99. The lowest BCUT2D eigenvalue weighted by Crippen LogP contribution is -1.88. The summed E-state index contributed by atoms with van der Waals surface area (Å²) in [7, 11) is 1.64. The van der Waals surface area contributed by atoms with Gasteiger partial charge in [0.25, 0.3) is 0 Å². The Morgan fingerprint density at radius 1 is 1.25 bits per heavy atom. The van der Waals surface area contributed by atoms with Gasteiger partial charge in [-0.25, -0.2) is 4.98 Å². The van der Waals surface area contributed by atoms with Crippen LogP contribution in [0.1, 0.15) is 0 Å². The lowest BCUT2D eigenvalue weighted by Gasteiger charge is -2.02. The minimum Gasteiger partial charge on any atom is -0.497 e. The van der Waals surface area contributed by atoms with Gasteiger partial charge in [0, 0.05) is 21.7 Å². The second-order valence-electron chi connectivity index (χ2n) is 4.21. The largest absolute Gasteiger partial charge is 0.497 e. The Morgan fingerprint density at radius 2 is 2.10 bits per heavy atom. The van der Waals surface area contributed by atoms with Crippen LogP contribution in [0.5, 0.6) is 5.75 Å². The first-order valence-corrected chi connectivity index (χ1v) is 7.12. The minimum atomic E-state index is 0.626. The first kappa shape index (κ1) is 13.1. The zero-order chi connectivity index (χ0) is 14.1. The summed E-state index contributed by atoms with van der Waals surface area (Å²) in [5, 5.41) is 1.41. The zero-order valence-electron chi connectivity index (χ0n) is 10.7. The number of aromatic amines is 1. The summed E-state index contributed by atoms with van der Waals surface area (Å²) in [6.45, 7) is 0. The van der Waals surface area contributed by atoms with E-state index in [-0.39, 0.29) is 0 Å². The van der Waals surface area contributed by atoms with Crippen molar-refractivity contribution in [3.8, 4) is 5.75 Å². The number of rotatable bonds is 3. The number of hydrogen-bond donors (Lipinski definition) is 2. The van der Waals surface area contributed by atoms with Crippen molar-refractivity contribution < 1.29 is 4.74 Å². The number of hydrogen-bond acceptors (Lipinski definition) is 4. The number of ether oxygens (including phenoxy) is 1. The van der Waals surface area contributed by atoms with E-state index in [1.54, 1.807) is 13.2 Å². The van der Waals surface area contributed by atoms with E-state index in [4.69, 9.17) is 22.1 Å². The summed E-state index contributed by atoms with van der Waals surface area (Å²) in [5.74, 6) is 0.795. The molecular formula is C14H12ClN3OS. The first-order valence-electron chi connectivity index (χ1n) is 5.92. The molecule has 0 bridgehead atoms. The van der Waals surface area contributed by atoms with Crippen LogP contribution in [0.15, 0.2) is 46.5 Å². The van der Waals surface area contributed by atoms with E-state index in [1.807, 2.05) is 30.3 Å². The predicted molar refractivity (Wildman–Crippen MR) is 82.6 cm³/mol. The van der Waals surface area contributed by atoms with E-state index in [1.165, 1.54) is 11.8 Å². The van der Waals surface area contributed by atoms with E-state index >= 15 is 0 Å². The molecule has 1 aromatic heterocycles. The molecule has 3 aromatic rings. The van der Waals surface area contributed by atoms with Crippen LogP contribution in [-0.2, 0) is 0 Å². The SMILES string of the molecule is COc1ccc2nc(Sc3ccc(Cl)cc3N)[nH]c2c1. The van der Waals surface area contributed by atoms with Crippen molar-refractivity contribution in [1.82, 2.24) is 9.97 Å². The lowest BCUT2D eigenvalue weighted by atomic mass is 10.3. The van der Waals surface area contributed by atoms with Gasteiger partial charge in [-0.05, 0) is 42.1 Å². The number of nitrogens with one attached hydrogen (secondary N) is 1. The van der Waals surface area contributed by atoms with E-state index in [0.717, 1.165) is 26.8 Å². The molecule has 0 atom stereocenters. The fourth-order valence-corrected chi connectivity index (χ4v) is 2.86. The topological polar surface area (TPSA) is 63.9 Å². The van der Waals surface area contributed by atoms with E-state index in [9.17, 15) is 0 Å². The number of nitrogens with two attached hydrogens (primary N) is 1. The highest BCUT2D eigenvalue weighted by Crippen LogP contribution is 2.33. The van der Waals surface area contributed by atoms with Crippen LogP contribution in [0, 0.1) is 0 Å². The average molecular weight is 306 g/mol. The van der Waals surface area contributed by atoms with Gasteiger partial charge in [0.1, 0.15) is 5.75 Å². The average Bonchev–Trinajstić information content (AvgIpc) is 2.83. The number of halogens is 1. The molecule has 0 spiro atoms. The molecule has 1 heterocycles. The summed E-state index contributed by atoms with van der Waals surface area (Å²) in [6, 6.07) is 11.1. The van der Waals surface area contributed by atoms with Crippen molar-refractivity contribution in [3.63, 3.8) is 0 Å². The summed E-state index contributed by atoms with van der Waals surface area (Å²) >= 11 is 7.36. The molecule has 4 nitrogen and oxygen atoms in total. The van der Waals surface area contributed by atoms with Crippen molar-refractivity contribution in [2.24, 2.45) is 0 Å². The van der Waals surface area contributed by atoms with Gasteiger partial charge in [0.2, 0.25) is 0 Å². The molecule has 2 aromatic carbocycles. The van der Waals surface area contributed by atoms with E-state index < -0.39 is 0 Å². The molecule has 20 heavy (non-hydrogen) atoms. The fourth-order valence-electron chi connectivity index (χ4n) is 1.86. The maximum atomic E-state index is 5.94. The van der Waals surface area contributed by atoms with Gasteiger partial charge in [-0.3, -0.25) is 0 Å². The van der Waals surface area contributed by atoms with E-state index in [0.29, 0.717) is 10.7 Å². The van der Waals surface area contributed by atoms with Gasteiger partial charge < -0.3 is 15.5 Å². The second-order valence-corrected chi connectivity index (χ2v) is 5.68. The molecule has 0 radical (unpaired) electrons. The quantitative estimate of drug-likeness (QED) is 0.719. The molecule has 0 saturated heterocycles. The van der Waals surface area contributed by atoms with Gasteiger partial charge >= 0.3 is 0 Å². The van der Waals surface area contributed by atoms with Crippen molar-refractivity contribution in [2.75, 3.05) is 12.8 Å². The monoisotopic (exact) mass is 305 g/mol. The Morgan fingerprint density at radius 3 is 2.85 bits per heavy atom. The molecule has 0 unspecified atom stereocenters. The third-order valence-corrected chi connectivity index (χ3v) is 4.06. The summed E-state index contributed by atoms with van der Waals surface area (Å²) in [5.41, 5.74) is 8.40. The van der Waals surface area contributed by atoms with Crippen LogP contribution in [-0.4, -0.2) is 17.1 Å². The Labute approximate surface area is 125 Å². The number of nitrogen functional groups attached to an aromatic ring is 1. The Hall–Kier alpha value is -1.85. The smallest absolute Gasteiger partial charge is 0.171 e. The Balaban J connectivity index is 1.94. The van der Waals surface area contributed by atoms with E-state index in [2.05, 4.69) is 9.97 Å². The number of H-pyrrole nitrogens is 1. The fraction of sp³-hybridized carbons (Fsp3) is 0.0714. The number of methoxy groups -OCH3 is 1. The predicted octanol–water partition coefficient (Wildman–Crippen LogP) is 3.96. The first-order chi connectivity index (χ1) is 9.65. The van der Waals surface area contributed by atoms with Crippen molar-refractivity contribution in [3.05, 3.63) is 41.4 Å². The van der Waals surface area contributed by atoms with Crippen molar-refractivity contribution in [2.45, 2.75) is 10.1 Å². The maximum absolute atomic E-state index is 5.94. The molecule has 0 amide bonds. The highest BCUT2D eigenvalue weighted by Gasteiger charge is 2.08. The number of fused-ring (bicyclic) bond motifs is 1. The normalized spacial score (nSPS) is 10.9. The van der Waals surface area contributed by atoms with Crippen molar-refractivity contribution in [1.29, 1.82) is 0 Å². The minimum absolute atomic E-state index is 0.626. The molecule has 0 aliphatic rings. The summed E-state index contributed by atoms with van der Waals surface area (Å²) < 4.78 is 5.19. The third-order valence-electron chi connectivity index (χ3n) is 2.85. The number of imidazole rings is 1. The van der Waals surface area contributed by atoms with Crippen LogP contribution in [0.3, 0.4) is 0 Å². The van der Waals surface area contributed by atoms with Crippen LogP contribution in [0.2, 0.25) is 5.02 Å². The Kier molecular flexibility index (Phi) is 3.46. The Bertz CT molecular complexity index is 772. The second kappa shape index (κ2) is 5.26. The number of aromatic nitrogens is 2. The molecule has 0 aliphatic carbocycles. The molecular weight excluding hydrogens is 294 g/mol. The molecule has 3 rings (SSSR count). The van der Waals surface area contributed by atoms with Gasteiger partial charge in [0.05, 0.1) is 18.1 Å². The summed E-state index contributed by atoms with van der Waals surface area (Å²) in [4.78, 5) is 8.67. The van der Waals surface area contributed by atoms with Gasteiger partial charge in [0.15, 0.2) is 5.16 Å². The zero-order valence-corrected chi connectivity index (χ0v) is 12.3. The van der Waals surface area contributed by atoms with Crippen LogP contribution in [0.25, 0.3) is 11.0 Å². The van der Waals surface area contributed by atoms with Crippen LogP contribution >= 0.6 is 23.4 Å². The van der Waals surface area contributed by atoms with Gasteiger partial charge in [-0.1, -0.05) is 11.6 Å². The van der Waals surface area contributed by atoms with Gasteiger partial charge in [-0.15, -0.1) is 0 Å². The molecule has 6 heteroatoms.